The van der Waals surface area contributed by atoms with Crippen molar-refractivity contribution in [3.63, 3.8) is 0 Å². The van der Waals surface area contributed by atoms with Crippen LogP contribution in [-0.4, -0.2) is 21.9 Å². The zero-order chi connectivity index (χ0) is 12.7. The summed E-state index contributed by atoms with van der Waals surface area (Å²) in [6.45, 7) is 5.84. The van der Waals surface area contributed by atoms with E-state index in [-0.39, 0.29) is 0 Å². The highest BCUT2D eigenvalue weighted by atomic mass is 127. The molecular weight excluding hydrogens is 327 g/mol. The van der Waals surface area contributed by atoms with E-state index in [1.54, 1.807) is 0 Å². The Labute approximate surface area is 117 Å². The normalized spacial score (nSPS) is 14.2. The van der Waals surface area contributed by atoms with Crippen molar-refractivity contribution < 1.29 is 0 Å². The number of aryl methyl sites for hydroxylation is 1. The van der Waals surface area contributed by atoms with Crippen LogP contribution in [0.5, 0.6) is 0 Å². The van der Waals surface area contributed by atoms with Crippen LogP contribution in [0.4, 0.5) is 0 Å². The molecule has 1 rings (SSSR count). The topological polar surface area (TPSA) is 53.6 Å². The lowest BCUT2D eigenvalue weighted by molar-refractivity contribution is 0.389. The van der Waals surface area contributed by atoms with Gasteiger partial charge in [-0.05, 0) is 55.3 Å². The Hall–Kier alpha value is -0.610. The number of aromatic nitrogens is 2. The van der Waals surface area contributed by atoms with Crippen LogP contribution in [0.1, 0.15) is 33.1 Å². The fourth-order valence-corrected chi connectivity index (χ4v) is 2.09. The van der Waals surface area contributed by atoms with E-state index in [1.165, 1.54) is 0 Å². The summed E-state index contributed by atoms with van der Waals surface area (Å²) in [7, 11) is 0. The average molecular weight is 346 g/mol. The number of hydrogen-bond acceptors (Lipinski definition) is 3. The maximum atomic E-state index is 9.18. The predicted molar refractivity (Wildman–Crippen MR) is 76.5 cm³/mol. The van der Waals surface area contributed by atoms with Gasteiger partial charge in [-0.2, -0.15) is 10.4 Å². The molecule has 0 aliphatic heterocycles. The van der Waals surface area contributed by atoms with Crippen molar-refractivity contribution in [3.05, 3.63) is 16.0 Å². The molecule has 1 aromatic heterocycles. The Morgan fingerprint density at radius 1 is 1.65 bits per heavy atom. The Balaban J connectivity index is 2.35. The molecule has 0 bridgehead atoms. The second-order valence-corrected chi connectivity index (χ2v) is 5.64. The van der Waals surface area contributed by atoms with Crippen molar-refractivity contribution in [1.29, 1.82) is 5.26 Å². The third-order valence-corrected chi connectivity index (χ3v) is 3.23. The van der Waals surface area contributed by atoms with Gasteiger partial charge in [-0.25, -0.2) is 0 Å². The summed E-state index contributed by atoms with van der Waals surface area (Å²) >= 11 is 2.25. The molecule has 0 saturated heterocycles. The number of halogens is 1. The monoisotopic (exact) mass is 346 g/mol. The number of nitriles is 1. The third kappa shape index (κ3) is 5.04. The zero-order valence-corrected chi connectivity index (χ0v) is 12.6. The molecule has 5 heteroatoms. The highest BCUT2D eigenvalue weighted by Gasteiger charge is 2.21. The van der Waals surface area contributed by atoms with Crippen LogP contribution in [0.3, 0.4) is 0 Å². The van der Waals surface area contributed by atoms with Gasteiger partial charge < -0.3 is 0 Å². The minimum Gasteiger partial charge on any atom is -0.300 e. The second-order valence-electron chi connectivity index (χ2n) is 4.40. The molecule has 0 saturated carbocycles. The largest absolute Gasteiger partial charge is 0.300 e. The van der Waals surface area contributed by atoms with Gasteiger partial charge >= 0.3 is 0 Å². The van der Waals surface area contributed by atoms with E-state index in [4.69, 9.17) is 0 Å². The standard InChI is InChI=1S/C12H19IN4/c1-3-6-15-12(2,10-14)5-4-7-17-9-11(13)8-16-17/h8-9,15H,3-7H2,1-2H3. The summed E-state index contributed by atoms with van der Waals surface area (Å²) in [5, 5.41) is 16.7. The van der Waals surface area contributed by atoms with Crippen LogP contribution >= 0.6 is 22.6 Å². The van der Waals surface area contributed by atoms with Gasteiger partial charge in [0, 0.05) is 12.7 Å². The first kappa shape index (κ1) is 14.5. The van der Waals surface area contributed by atoms with E-state index in [1.807, 2.05) is 24.0 Å². The van der Waals surface area contributed by atoms with Gasteiger partial charge in [0.25, 0.3) is 0 Å². The number of nitrogens with one attached hydrogen (secondary N) is 1. The Bertz CT molecular complexity index is 382. The summed E-state index contributed by atoms with van der Waals surface area (Å²) < 4.78 is 3.08. The van der Waals surface area contributed by atoms with E-state index >= 15 is 0 Å². The van der Waals surface area contributed by atoms with Crippen molar-refractivity contribution in [2.24, 2.45) is 0 Å². The molecule has 0 aliphatic carbocycles. The van der Waals surface area contributed by atoms with Crippen molar-refractivity contribution in [1.82, 2.24) is 15.1 Å². The first-order chi connectivity index (χ1) is 8.09. The van der Waals surface area contributed by atoms with Gasteiger partial charge in [0.05, 0.1) is 15.8 Å². The lowest BCUT2D eigenvalue weighted by Crippen LogP contribution is -2.41. The second kappa shape index (κ2) is 6.97. The quantitative estimate of drug-likeness (QED) is 0.772. The molecular formula is C12H19IN4. The lowest BCUT2D eigenvalue weighted by atomic mass is 9.97. The van der Waals surface area contributed by atoms with E-state index in [2.05, 4.69) is 46.0 Å². The van der Waals surface area contributed by atoms with E-state index in [9.17, 15) is 5.26 Å². The van der Waals surface area contributed by atoms with Crippen molar-refractivity contribution in [3.8, 4) is 6.07 Å². The zero-order valence-electron chi connectivity index (χ0n) is 10.4. The van der Waals surface area contributed by atoms with Crippen LogP contribution < -0.4 is 5.32 Å². The highest BCUT2D eigenvalue weighted by molar-refractivity contribution is 14.1. The summed E-state index contributed by atoms with van der Waals surface area (Å²) in [5.74, 6) is 0. The third-order valence-electron chi connectivity index (χ3n) is 2.68. The Morgan fingerprint density at radius 3 is 2.94 bits per heavy atom. The van der Waals surface area contributed by atoms with E-state index in [0.717, 1.165) is 35.9 Å². The molecule has 94 valence electrons. The molecule has 17 heavy (non-hydrogen) atoms. The van der Waals surface area contributed by atoms with E-state index < -0.39 is 5.54 Å². The van der Waals surface area contributed by atoms with E-state index in [0.29, 0.717) is 0 Å². The summed E-state index contributed by atoms with van der Waals surface area (Å²) in [6, 6.07) is 2.36. The van der Waals surface area contributed by atoms with Crippen molar-refractivity contribution in [2.45, 2.75) is 45.2 Å². The molecule has 1 atom stereocenters. The average Bonchev–Trinajstić information content (AvgIpc) is 2.72. The number of nitrogens with zero attached hydrogens (tertiary/aromatic N) is 3. The van der Waals surface area contributed by atoms with Crippen LogP contribution in [-0.2, 0) is 6.54 Å². The molecule has 0 amide bonds. The Kier molecular flexibility index (Phi) is 5.92. The number of rotatable bonds is 7. The molecule has 0 aromatic carbocycles. The fourth-order valence-electron chi connectivity index (χ4n) is 1.64. The van der Waals surface area contributed by atoms with Gasteiger partial charge in [-0.3, -0.25) is 10.00 Å². The maximum absolute atomic E-state index is 9.18. The minimum atomic E-state index is -0.406. The maximum Gasteiger partial charge on any atom is 0.103 e. The summed E-state index contributed by atoms with van der Waals surface area (Å²) in [4.78, 5) is 0. The molecule has 0 spiro atoms. The molecule has 1 N–H and O–H groups in total. The minimum absolute atomic E-state index is 0.406. The van der Waals surface area contributed by atoms with Crippen LogP contribution in [0.2, 0.25) is 0 Å². The van der Waals surface area contributed by atoms with Crippen LogP contribution in [0, 0.1) is 14.9 Å². The smallest absolute Gasteiger partial charge is 0.103 e. The van der Waals surface area contributed by atoms with Gasteiger partial charge in [0.1, 0.15) is 5.54 Å². The van der Waals surface area contributed by atoms with Crippen molar-refractivity contribution >= 4 is 22.6 Å². The fraction of sp³-hybridized carbons (Fsp3) is 0.667. The first-order valence-electron chi connectivity index (χ1n) is 5.94. The molecule has 0 radical (unpaired) electrons. The summed E-state index contributed by atoms with van der Waals surface area (Å²) in [6.07, 6.45) is 6.72. The Morgan fingerprint density at radius 2 is 2.41 bits per heavy atom. The molecule has 1 heterocycles. The van der Waals surface area contributed by atoms with Gasteiger partial charge in [-0.15, -0.1) is 0 Å². The molecule has 0 fully saturated rings. The molecule has 1 aromatic rings. The first-order valence-corrected chi connectivity index (χ1v) is 7.02. The lowest BCUT2D eigenvalue weighted by Gasteiger charge is -2.22. The van der Waals surface area contributed by atoms with Crippen LogP contribution in [0.25, 0.3) is 0 Å². The highest BCUT2D eigenvalue weighted by Crippen LogP contribution is 2.12. The van der Waals surface area contributed by atoms with Gasteiger partial charge in [0.2, 0.25) is 0 Å². The molecule has 0 aliphatic rings. The summed E-state index contributed by atoms with van der Waals surface area (Å²) in [5.41, 5.74) is -0.406. The van der Waals surface area contributed by atoms with Crippen LogP contribution in [0.15, 0.2) is 12.4 Å². The molecule has 1 unspecified atom stereocenters. The SMILES string of the molecule is CCCNC(C)(C#N)CCCn1cc(I)cn1. The molecule has 4 nitrogen and oxygen atoms in total. The number of hydrogen-bond donors (Lipinski definition) is 1. The van der Waals surface area contributed by atoms with Gasteiger partial charge in [-0.1, -0.05) is 6.92 Å². The van der Waals surface area contributed by atoms with Gasteiger partial charge in [0.15, 0.2) is 0 Å². The van der Waals surface area contributed by atoms with Crippen molar-refractivity contribution in [2.75, 3.05) is 6.54 Å². The predicted octanol–water partition coefficient (Wildman–Crippen LogP) is 2.55.